The maximum Gasteiger partial charge on any atom is 0.285 e. The summed E-state index contributed by atoms with van der Waals surface area (Å²) in [7, 11) is 0. The summed E-state index contributed by atoms with van der Waals surface area (Å²) in [6.07, 6.45) is 0. The molecule has 1 heterocycles. The van der Waals surface area contributed by atoms with Crippen LogP contribution in [0.5, 0.6) is 0 Å². The van der Waals surface area contributed by atoms with Crippen molar-refractivity contribution >= 4 is 58.7 Å². The second kappa shape index (κ2) is 7.00. The molecule has 0 amide bonds. The van der Waals surface area contributed by atoms with E-state index in [-0.39, 0.29) is 10.6 Å². The van der Waals surface area contributed by atoms with Crippen LogP contribution in [0, 0.1) is 10.1 Å². The van der Waals surface area contributed by atoms with Crippen molar-refractivity contribution in [1.29, 1.82) is 0 Å². The molecular weight excluding hydrogens is 462 g/mol. The van der Waals surface area contributed by atoms with Crippen molar-refractivity contribution < 1.29 is 4.92 Å². The van der Waals surface area contributed by atoms with Crippen LogP contribution in [0.4, 0.5) is 5.69 Å². The van der Waals surface area contributed by atoms with Gasteiger partial charge in [-0.2, -0.15) is 0 Å². The van der Waals surface area contributed by atoms with Gasteiger partial charge in [-0.05, 0) is 62.9 Å². The first kappa shape index (κ1) is 19.7. The summed E-state index contributed by atoms with van der Waals surface area (Å²) in [5, 5.41) is 18.9. The van der Waals surface area contributed by atoms with Gasteiger partial charge in [0, 0.05) is 25.6 Å². The third-order valence-electron chi connectivity index (χ3n) is 7.50. The number of hydrogen-bond acceptors (Lipinski definition) is 3. The Balaban J connectivity index is 1.57. The van der Waals surface area contributed by atoms with Gasteiger partial charge >= 0.3 is 0 Å². The van der Waals surface area contributed by atoms with Crippen molar-refractivity contribution in [3.63, 3.8) is 0 Å². The molecule has 4 heteroatoms. The average Bonchev–Trinajstić information content (AvgIpc) is 3.45. The second-order valence-corrected chi connectivity index (χ2v) is 10.4. The van der Waals surface area contributed by atoms with E-state index in [1.165, 1.54) is 15.5 Å². The Bertz CT molecular complexity index is 2090. The van der Waals surface area contributed by atoms with Crippen molar-refractivity contribution in [2.24, 2.45) is 0 Å². The molecule has 1 aliphatic rings. The summed E-state index contributed by atoms with van der Waals surface area (Å²) in [6, 6.07) is 35.2. The lowest BCUT2D eigenvalue weighted by Crippen LogP contribution is -1.95. The van der Waals surface area contributed by atoms with Gasteiger partial charge in [0.25, 0.3) is 5.69 Å². The van der Waals surface area contributed by atoms with E-state index in [4.69, 9.17) is 0 Å². The minimum atomic E-state index is -0.203. The number of rotatable bonds is 2. The van der Waals surface area contributed by atoms with E-state index in [9.17, 15) is 10.1 Å². The first-order valence-electron chi connectivity index (χ1n) is 11.9. The van der Waals surface area contributed by atoms with E-state index in [2.05, 4.69) is 72.8 Å². The molecule has 0 saturated carbocycles. The van der Waals surface area contributed by atoms with E-state index in [1.807, 2.05) is 30.3 Å². The van der Waals surface area contributed by atoms with Gasteiger partial charge in [-0.3, -0.25) is 10.1 Å². The topological polar surface area (TPSA) is 43.1 Å². The first-order valence-corrected chi connectivity index (χ1v) is 12.7. The van der Waals surface area contributed by atoms with Crippen molar-refractivity contribution in [2.45, 2.75) is 0 Å². The molecule has 8 rings (SSSR count). The number of hydrogen-bond donors (Lipinski definition) is 0. The fourth-order valence-corrected chi connectivity index (χ4v) is 7.24. The van der Waals surface area contributed by atoms with Gasteiger partial charge in [0.2, 0.25) is 0 Å². The number of benzene rings is 6. The molecule has 6 aromatic carbocycles. The number of nitro groups is 1. The van der Waals surface area contributed by atoms with Crippen molar-refractivity contribution in [2.75, 3.05) is 0 Å². The highest BCUT2D eigenvalue weighted by molar-refractivity contribution is 7.26. The van der Waals surface area contributed by atoms with Crippen LogP contribution in [0.2, 0.25) is 0 Å². The van der Waals surface area contributed by atoms with Crippen LogP contribution in [0.1, 0.15) is 0 Å². The molecule has 0 spiro atoms. The summed E-state index contributed by atoms with van der Waals surface area (Å²) >= 11 is 1.74. The molecule has 0 fully saturated rings. The van der Waals surface area contributed by atoms with Crippen LogP contribution in [0.25, 0.3) is 75.1 Å². The number of fused-ring (bicyclic) bond motifs is 8. The molecule has 0 saturated heterocycles. The molecule has 1 aromatic heterocycles. The van der Waals surface area contributed by atoms with E-state index in [0.717, 1.165) is 48.7 Å². The highest BCUT2D eigenvalue weighted by atomic mass is 32.1. The van der Waals surface area contributed by atoms with Crippen LogP contribution in [0.3, 0.4) is 0 Å². The van der Waals surface area contributed by atoms with Crippen molar-refractivity contribution in [3.8, 4) is 33.4 Å². The van der Waals surface area contributed by atoms with Gasteiger partial charge in [0.05, 0.1) is 15.9 Å². The van der Waals surface area contributed by atoms with Gasteiger partial charge in [-0.1, -0.05) is 78.9 Å². The van der Waals surface area contributed by atoms with E-state index in [0.29, 0.717) is 10.9 Å². The summed E-state index contributed by atoms with van der Waals surface area (Å²) < 4.78 is 2.37. The third kappa shape index (κ3) is 2.46. The summed E-state index contributed by atoms with van der Waals surface area (Å²) in [5.41, 5.74) is 6.15. The van der Waals surface area contributed by atoms with Gasteiger partial charge in [0.15, 0.2) is 0 Å². The molecule has 3 nitrogen and oxygen atoms in total. The van der Waals surface area contributed by atoms with Crippen molar-refractivity contribution in [1.82, 2.24) is 0 Å². The highest BCUT2D eigenvalue weighted by Crippen LogP contribution is 2.53. The lowest BCUT2D eigenvalue weighted by atomic mass is 9.90. The molecule has 7 aromatic rings. The number of thiophene rings is 1. The Hall–Kier alpha value is -4.54. The zero-order chi connectivity index (χ0) is 24.0. The molecule has 0 atom stereocenters. The molecule has 168 valence electrons. The molecule has 1 aliphatic carbocycles. The van der Waals surface area contributed by atoms with Gasteiger partial charge in [-0.15, -0.1) is 11.3 Å². The fourth-order valence-electron chi connectivity index (χ4n) is 6.07. The minimum Gasteiger partial charge on any atom is -0.258 e. The standard InChI is InChI=1S/C32H17NO2S/c34-33(35)32-24-14-7-13-21-18-8-1-2-9-19(18)26(30(21)24)16-27(32)25-17-29-31(22-11-4-3-10-20(22)25)23-12-5-6-15-28(23)36-29/h1-17H. The van der Waals surface area contributed by atoms with Gasteiger partial charge < -0.3 is 0 Å². The van der Waals surface area contributed by atoms with Crippen LogP contribution < -0.4 is 0 Å². The number of nitrogens with zero attached hydrogens (tertiary/aromatic N) is 1. The van der Waals surface area contributed by atoms with E-state index in [1.54, 1.807) is 11.3 Å². The molecule has 0 aliphatic heterocycles. The summed E-state index contributed by atoms with van der Waals surface area (Å²) in [4.78, 5) is 12.5. The SMILES string of the molecule is O=[N+]([O-])c1c(-c2cc3sc4ccccc4c3c3ccccc23)cc2c3c(cccc13)-c1ccccc1-2. The molecule has 0 radical (unpaired) electrons. The molecule has 0 N–H and O–H groups in total. The highest BCUT2D eigenvalue weighted by Gasteiger charge is 2.30. The van der Waals surface area contributed by atoms with E-state index >= 15 is 0 Å². The van der Waals surface area contributed by atoms with Crippen LogP contribution in [-0.2, 0) is 0 Å². The Labute approximate surface area is 210 Å². The maximum absolute atomic E-state index is 12.7. The predicted octanol–water partition coefficient (Wildman–Crippen LogP) is 9.58. The fraction of sp³-hybridized carbons (Fsp3) is 0. The molecule has 0 bridgehead atoms. The lowest BCUT2D eigenvalue weighted by Gasteiger charge is -2.13. The zero-order valence-corrected chi connectivity index (χ0v) is 19.8. The quantitative estimate of drug-likeness (QED) is 0.183. The van der Waals surface area contributed by atoms with Crippen molar-refractivity contribution in [3.05, 3.63) is 113 Å². The van der Waals surface area contributed by atoms with Crippen LogP contribution in [0.15, 0.2) is 103 Å². The van der Waals surface area contributed by atoms with Gasteiger partial charge in [-0.25, -0.2) is 0 Å². The lowest BCUT2D eigenvalue weighted by molar-refractivity contribution is -0.382. The van der Waals surface area contributed by atoms with Crippen LogP contribution in [-0.4, -0.2) is 4.92 Å². The normalized spacial score (nSPS) is 12.1. The smallest absolute Gasteiger partial charge is 0.258 e. The molecule has 0 unspecified atom stereocenters. The Morgan fingerprint density at radius 2 is 1.14 bits per heavy atom. The number of nitro benzene ring substituents is 1. The molecular formula is C32H17NO2S. The Morgan fingerprint density at radius 1 is 0.500 bits per heavy atom. The first-order chi connectivity index (χ1) is 17.7. The van der Waals surface area contributed by atoms with E-state index < -0.39 is 0 Å². The summed E-state index contributed by atoms with van der Waals surface area (Å²) in [5.74, 6) is 0. The average molecular weight is 480 g/mol. The third-order valence-corrected chi connectivity index (χ3v) is 8.62. The van der Waals surface area contributed by atoms with Crippen LogP contribution >= 0.6 is 11.3 Å². The second-order valence-electron chi connectivity index (χ2n) is 9.29. The van der Waals surface area contributed by atoms with Gasteiger partial charge in [0.1, 0.15) is 0 Å². The maximum atomic E-state index is 12.7. The summed E-state index contributed by atoms with van der Waals surface area (Å²) in [6.45, 7) is 0. The monoisotopic (exact) mass is 479 g/mol. The minimum absolute atomic E-state index is 0.175. The Morgan fingerprint density at radius 3 is 1.94 bits per heavy atom. The predicted molar refractivity (Wildman–Crippen MR) is 151 cm³/mol. The Kier molecular flexibility index (Phi) is 3.84. The zero-order valence-electron chi connectivity index (χ0n) is 19.0. The largest absolute Gasteiger partial charge is 0.285 e. The molecule has 36 heavy (non-hydrogen) atoms.